The molecule has 4 rings (SSSR count). The molecule has 1 aromatic carbocycles. The van der Waals surface area contributed by atoms with E-state index in [0.29, 0.717) is 29.6 Å². The highest BCUT2D eigenvalue weighted by Gasteiger charge is 2.36. The van der Waals surface area contributed by atoms with Crippen molar-refractivity contribution in [2.24, 2.45) is 0 Å². The minimum Gasteiger partial charge on any atom is -0.444 e. The Bertz CT molecular complexity index is 1330. The molecule has 2 amide bonds. The van der Waals surface area contributed by atoms with Crippen molar-refractivity contribution in [2.45, 2.75) is 52.8 Å². The zero-order valence-electron chi connectivity index (χ0n) is 19.9. The molecule has 2 aromatic heterocycles. The number of aromatic amines is 1. The van der Waals surface area contributed by atoms with E-state index in [1.165, 1.54) is 0 Å². The van der Waals surface area contributed by atoms with Crippen LogP contribution in [0.3, 0.4) is 0 Å². The number of hydrogen-bond acceptors (Lipinski definition) is 5. The van der Waals surface area contributed by atoms with Gasteiger partial charge in [-0.25, -0.2) is 4.79 Å². The largest absolute Gasteiger partial charge is 0.444 e. The number of likely N-dealkylation sites (tertiary alicyclic amines) is 1. The van der Waals surface area contributed by atoms with Crippen LogP contribution in [0.4, 0.5) is 4.79 Å². The summed E-state index contributed by atoms with van der Waals surface area (Å²) in [6.45, 7) is 10.3. The third-order valence-electron chi connectivity index (χ3n) is 5.71. The smallest absolute Gasteiger partial charge is 0.410 e. The van der Waals surface area contributed by atoms with E-state index in [2.05, 4.69) is 31.3 Å². The molecular weight excluding hydrogens is 502 g/mol. The fourth-order valence-corrected chi connectivity index (χ4v) is 4.49. The van der Waals surface area contributed by atoms with Crippen LogP contribution in [0, 0.1) is 13.8 Å². The number of hydrogen-bond donors (Lipinski definition) is 2. The van der Waals surface area contributed by atoms with Gasteiger partial charge in [0.2, 0.25) is 0 Å². The Morgan fingerprint density at radius 3 is 2.59 bits per heavy atom. The first-order chi connectivity index (χ1) is 15.9. The molecule has 10 heteroatoms. The number of benzene rings is 1. The molecule has 9 nitrogen and oxygen atoms in total. The van der Waals surface area contributed by atoms with Crippen LogP contribution in [0.1, 0.15) is 54.0 Å². The van der Waals surface area contributed by atoms with E-state index >= 15 is 0 Å². The van der Waals surface area contributed by atoms with Gasteiger partial charge in [-0.05, 0) is 58.4 Å². The first kappa shape index (κ1) is 24.0. The third kappa shape index (κ3) is 4.86. The SMILES string of the molecule is Cc1cc(C)c(CNC(=O)c2cc(Br)cc3c2cnn3C2CN(C(=O)OC(C)(C)C)C2)c(=O)[nH]1. The van der Waals surface area contributed by atoms with E-state index in [4.69, 9.17) is 4.74 Å². The lowest BCUT2D eigenvalue weighted by atomic mass is 10.1. The normalized spacial score (nSPS) is 14.2. The van der Waals surface area contributed by atoms with Gasteiger partial charge in [-0.2, -0.15) is 5.10 Å². The van der Waals surface area contributed by atoms with E-state index in [0.717, 1.165) is 21.2 Å². The number of aryl methyl sites for hydroxylation is 2. The van der Waals surface area contributed by atoms with Crippen LogP contribution in [-0.2, 0) is 11.3 Å². The van der Waals surface area contributed by atoms with Crippen LogP contribution in [0.25, 0.3) is 10.9 Å². The molecule has 0 saturated carbocycles. The van der Waals surface area contributed by atoms with Gasteiger partial charge in [-0.15, -0.1) is 0 Å². The minimum absolute atomic E-state index is 0.0102. The second-order valence-corrected chi connectivity index (χ2v) is 10.6. The van der Waals surface area contributed by atoms with Crippen LogP contribution in [-0.4, -0.2) is 50.4 Å². The molecule has 1 saturated heterocycles. The van der Waals surface area contributed by atoms with Gasteiger partial charge >= 0.3 is 6.09 Å². The fourth-order valence-electron chi connectivity index (χ4n) is 4.04. The maximum Gasteiger partial charge on any atom is 0.410 e. The highest BCUT2D eigenvalue weighted by molar-refractivity contribution is 9.10. The molecule has 0 aliphatic carbocycles. The lowest BCUT2D eigenvalue weighted by molar-refractivity contribution is 0.000152. The molecule has 180 valence electrons. The number of amides is 2. The standard InChI is InChI=1S/C24H28BrN5O4/c1-13-6-14(2)28-22(32)18(13)9-26-21(31)17-7-15(25)8-20-19(17)10-27-30(20)16-11-29(12-16)23(33)34-24(3,4)5/h6-8,10,16H,9,11-12H2,1-5H3,(H,26,31)(H,28,32). The number of carbonyl (C=O) groups is 2. The number of fused-ring (bicyclic) bond motifs is 1. The van der Waals surface area contributed by atoms with Crippen LogP contribution in [0.5, 0.6) is 0 Å². The van der Waals surface area contributed by atoms with Crippen molar-refractivity contribution in [1.29, 1.82) is 0 Å². The number of carbonyl (C=O) groups excluding carboxylic acids is 2. The Kier molecular flexibility index (Phi) is 6.28. The molecule has 3 aromatic rings. The van der Waals surface area contributed by atoms with Gasteiger partial charge < -0.3 is 19.9 Å². The Balaban J connectivity index is 1.52. The predicted molar refractivity (Wildman–Crippen MR) is 132 cm³/mol. The van der Waals surface area contributed by atoms with E-state index < -0.39 is 5.60 Å². The molecule has 0 spiro atoms. The number of nitrogens with one attached hydrogen (secondary N) is 2. The average Bonchev–Trinajstić information content (AvgIpc) is 3.07. The maximum absolute atomic E-state index is 13.1. The monoisotopic (exact) mass is 529 g/mol. The number of rotatable bonds is 4. The maximum atomic E-state index is 13.1. The quantitative estimate of drug-likeness (QED) is 0.533. The summed E-state index contributed by atoms with van der Waals surface area (Å²) in [5.41, 5.74) is 2.63. The highest BCUT2D eigenvalue weighted by atomic mass is 79.9. The van der Waals surface area contributed by atoms with Gasteiger partial charge in [0.1, 0.15) is 5.60 Å². The van der Waals surface area contributed by atoms with Crippen molar-refractivity contribution in [3.8, 4) is 0 Å². The molecule has 2 N–H and O–H groups in total. The zero-order valence-corrected chi connectivity index (χ0v) is 21.4. The van der Waals surface area contributed by atoms with Gasteiger partial charge in [-0.3, -0.25) is 14.3 Å². The first-order valence-electron chi connectivity index (χ1n) is 11.0. The average molecular weight is 530 g/mol. The topological polar surface area (TPSA) is 109 Å². The molecule has 1 aliphatic heterocycles. The number of ether oxygens (including phenoxy) is 1. The van der Waals surface area contributed by atoms with Crippen LogP contribution in [0.2, 0.25) is 0 Å². The summed E-state index contributed by atoms with van der Waals surface area (Å²) >= 11 is 3.49. The van der Waals surface area contributed by atoms with Crippen molar-refractivity contribution < 1.29 is 14.3 Å². The number of nitrogens with zero attached hydrogens (tertiary/aromatic N) is 3. The second kappa shape index (κ2) is 8.90. The molecule has 3 heterocycles. The summed E-state index contributed by atoms with van der Waals surface area (Å²) in [7, 11) is 0. The fraction of sp³-hybridized carbons (Fsp3) is 0.417. The van der Waals surface area contributed by atoms with Crippen LogP contribution < -0.4 is 10.9 Å². The van der Waals surface area contributed by atoms with Gasteiger partial charge in [0.25, 0.3) is 11.5 Å². The van der Waals surface area contributed by atoms with E-state index in [9.17, 15) is 14.4 Å². The van der Waals surface area contributed by atoms with Gasteiger partial charge in [0.05, 0.1) is 23.3 Å². The second-order valence-electron chi connectivity index (χ2n) is 9.64. The summed E-state index contributed by atoms with van der Waals surface area (Å²) in [6.07, 6.45) is 1.32. The molecule has 0 unspecified atom stereocenters. The molecule has 1 fully saturated rings. The zero-order chi connectivity index (χ0) is 24.8. The molecule has 0 bridgehead atoms. The minimum atomic E-state index is -0.546. The first-order valence-corrected chi connectivity index (χ1v) is 11.8. The molecule has 34 heavy (non-hydrogen) atoms. The van der Waals surface area contributed by atoms with Crippen LogP contribution >= 0.6 is 15.9 Å². The Morgan fingerprint density at radius 1 is 1.24 bits per heavy atom. The van der Waals surface area contributed by atoms with Crippen molar-refractivity contribution in [2.75, 3.05) is 13.1 Å². The lowest BCUT2D eigenvalue weighted by Crippen LogP contribution is -2.52. The molecule has 1 aliphatic rings. The summed E-state index contributed by atoms with van der Waals surface area (Å²) in [5, 5.41) is 8.07. The summed E-state index contributed by atoms with van der Waals surface area (Å²) in [4.78, 5) is 42.0. The number of H-pyrrole nitrogens is 1. The number of aromatic nitrogens is 3. The summed E-state index contributed by atoms with van der Waals surface area (Å²) in [6, 6.07) is 5.51. The van der Waals surface area contributed by atoms with E-state index in [-0.39, 0.29) is 30.1 Å². The van der Waals surface area contributed by atoms with Crippen molar-refractivity contribution in [3.63, 3.8) is 0 Å². The van der Waals surface area contributed by atoms with Gasteiger partial charge in [-0.1, -0.05) is 15.9 Å². The lowest BCUT2D eigenvalue weighted by Gasteiger charge is -2.39. The molecule has 0 atom stereocenters. The van der Waals surface area contributed by atoms with Gasteiger partial charge in [0.15, 0.2) is 0 Å². The third-order valence-corrected chi connectivity index (χ3v) is 6.16. The summed E-state index contributed by atoms with van der Waals surface area (Å²) in [5.74, 6) is -0.297. The van der Waals surface area contributed by atoms with Crippen LogP contribution in [0.15, 0.2) is 33.7 Å². The Labute approximate surface area is 205 Å². The Hall–Kier alpha value is -3.14. The highest BCUT2D eigenvalue weighted by Crippen LogP contribution is 2.30. The van der Waals surface area contributed by atoms with E-state index in [1.54, 1.807) is 17.2 Å². The van der Waals surface area contributed by atoms with E-state index in [1.807, 2.05) is 51.4 Å². The Morgan fingerprint density at radius 2 is 1.94 bits per heavy atom. The number of halogens is 1. The van der Waals surface area contributed by atoms with Crippen molar-refractivity contribution in [3.05, 3.63) is 61.6 Å². The molecule has 0 radical (unpaired) electrons. The predicted octanol–water partition coefficient (Wildman–Crippen LogP) is 3.83. The van der Waals surface area contributed by atoms with Gasteiger partial charge in [0, 0.05) is 40.8 Å². The number of pyridine rings is 1. The van der Waals surface area contributed by atoms with Crippen molar-refractivity contribution >= 4 is 38.8 Å². The summed E-state index contributed by atoms with van der Waals surface area (Å²) < 4.78 is 8.00. The molecular formula is C24H28BrN5O4. The van der Waals surface area contributed by atoms with Crippen molar-refractivity contribution in [1.82, 2.24) is 25.0 Å².